The maximum atomic E-state index is 13.1. The van der Waals surface area contributed by atoms with E-state index in [0.29, 0.717) is 11.6 Å². The SMILES string of the molecule is CCCN(Cc1ccc(N)cc1)Cc1ccc(F)cc1Cl. The predicted molar refractivity (Wildman–Crippen MR) is 86.7 cm³/mol. The van der Waals surface area contributed by atoms with Gasteiger partial charge in [-0.15, -0.1) is 0 Å². The molecule has 0 heterocycles. The number of halogens is 2. The Balaban J connectivity index is 2.09. The van der Waals surface area contributed by atoms with Crippen molar-refractivity contribution in [2.75, 3.05) is 12.3 Å². The minimum Gasteiger partial charge on any atom is -0.399 e. The summed E-state index contributed by atoms with van der Waals surface area (Å²) in [4.78, 5) is 2.30. The van der Waals surface area contributed by atoms with Crippen LogP contribution < -0.4 is 5.73 Å². The second-order valence-electron chi connectivity index (χ2n) is 5.19. The molecular formula is C17H20ClFN2. The quantitative estimate of drug-likeness (QED) is 0.798. The average molecular weight is 307 g/mol. The molecule has 0 spiro atoms. The molecular weight excluding hydrogens is 287 g/mol. The Labute approximate surface area is 130 Å². The molecule has 21 heavy (non-hydrogen) atoms. The smallest absolute Gasteiger partial charge is 0.124 e. The topological polar surface area (TPSA) is 29.3 Å². The minimum absolute atomic E-state index is 0.302. The molecule has 0 saturated carbocycles. The number of rotatable bonds is 6. The Morgan fingerprint density at radius 3 is 2.43 bits per heavy atom. The van der Waals surface area contributed by atoms with E-state index < -0.39 is 0 Å². The number of nitrogens with two attached hydrogens (primary N) is 1. The summed E-state index contributed by atoms with van der Waals surface area (Å²) in [7, 11) is 0. The number of nitrogens with zero attached hydrogens (tertiary/aromatic N) is 1. The molecule has 0 saturated heterocycles. The van der Waals surface area contributed by atoms with Crippen LogP contribution in [0.15, 0.2) is 42.5 Å². The Morgan fingerprint density at radius 2 is 1.81 bits per heavy atom. The molecule has 0 fully saturated rings. The van der Waals surface area contributed by atoms with Crippen molar-refractivity contribution < 1.29 is 4.39 Å². The van der Waals surface area contributed by atoms with E-state index in [1.807, 2.05) is 24.3 Å². The van der Waals surface area contributed by atoms with Crippen LogP contribution in [0.3, 0.4) is 0 Å². The van der Waals surface area contributed by atoms with Gasteiger partial charge in [0, 0.05) is 23.8 Å². The summed E-state index contributed by atoms with van der Waals surface area (Å²) < 4.78 is 13.1. The molecule has 112 valence electrons. The highest BCUT2D eigenvalue weighted by molar-refractivity contribution is 6.31. The van der Waals surface area contributed by atoms with E-state index in [-0.39, 0.29) is 5.82 Å². The van der Waals surface area contributed by atoms with Gasteiger partial charge >= 0.3 is 0 Å². The maximum Gasteiger partial charge on any atom is 0.124 e. The second kappa shape index (κ2) is 7.43. The van der Waals surface area contributed by atoms with Gasteiger partial charge in [0.1, 0.15) is 5.82 Å². The summed E-state index contributed by atoms with van der Waals surface area (Å²) in [6.45, 7) is 4.62. The van der Waals surface area contributed by atoms with Crippen LogP contribution in [0.4, 0.5) is 10.1 Å². The van der Waals surface area contributed by atoms with E-state index in [1.165, 1.54) is 17.7 Å². The molecule has 4 heteroatoms. The molecule has 2 rings (SSSR count). The molecule has 0 bridgehead atoms. The van der Waals surface area contributed by atoms with Crippen LogP contribution in [-0.2, 0) is 13.1 Å². The normalized spacial score (nSPS) is 11.0. The summed E-state index contributed by atoms with van der Waals surface area (Å²) >= 11 is 6.11. The van der Waals surface area contributed by atoms with Gasteiger partial charge in [-0.1, -0.05) is 36.7 Å². The van der Waals surface area contributed by atoms with E-state index in [9.17, 15) is 4.39 Å². The third kappa shape index (κ3) is 4.73. The summed E-state index contributed by atoms with van der Waals surface area (Å²) in [5.41, 5.74) is 8.62. The molecule has 2 nitrogen and oxygen atoms in total. The third-order valence-corrected chi connectivity index (χ3v) is 3.69. The largest absolute Gasteiger partial charge is 0.399 e. The molecule has 0 aromatic heterocycles. The summed E-state index contributed by atoms with van der Waals surface area (Å²) in [5.74, 6) is -0.302. The van der Waals surface area contributed by atoms with Crippen molar-refractivity contribution >= 4 is 17.3 Å². The lowest BCUT2D eigenvalue weighted by molar-refractivity contribution is 0.257. The molecule has 0 unspecified atom stereocenters. The van der Waals surface area contributed by atoms with Crippen LogP contribution in [0.1, 0.15) is 24.5 Å². The van der Waals surface area contributed by atoms with Gasteiger partial charge in [-0.25, -0.2) is 4.39 Å². The first kappa shape index (κ1) is 15.8. The molecule has 0 atom stereocenters. The molecule has 2 aromatic rings. The number of benzene rings is 2. The van der Waals surface area contributed by atoms with Gasteiger partial charge < -0.3 is 5.73 Å². The maximum absolute atomic E-state index is 13.1. The fourth-order valence-electron chi connectivity index (χ4n) is 2.30. The lowest BCUT2D eigenvalue weighted by Gasteiger charge is -2.22. The lowest BCUT2D eigenvalue weighted by Crippen LogP contribution is -2.23. The fraction of sp³-hybridized carbons (Fsp3) is 0.294. The number of nitrogen functional groups attached to an aromatic ring is 1. The van der Waals surface area contributed by atoms with Crippen molar-refractivity contribution in [2.45, 2.75) is 26.4 Å². The molecule has 0 aliphatic heterocycles. The van der Waals surface area contributed by atoms with Gasteiger partial charge in [0.05, 0.1) is 0 Å². The third-order valence-electron chi connectivity index (χ3n) is 3.33. The molecule has 0 aliphatic carbocycles. The van der Waals surface area contributed by atoms with E-state index in [1.54, 1.807) is 6.07 Å². The monoisotopic (exact) mass is 306 g/mol. The van der Waals surface area contributed by atoms with E-state index >= 15 is 0 Å². The first-order valence-corrected chi connectivity index (χ1v) is 7.47. The predicted octanol–water partition coefficient (Wildman–Crippen LogP) is 4.47. The lowest BCUT2D eigenvalue weighted by atomic mass is 10.1. The van der Waals surface area contributed by atoms with Crippen LogP contribution in [-0.4, -0.2) is 11.4 Å². The van der Waals surface area contributed by atoms with Crippen molar-refractivity contribution in [3.63, 3.8) is 0 Å². The zero-order valence-corrected chi connectivity index (χ0v) is 12.9. The highest BCUT2D eigenvalue weighted by Gasteiger charge is 2.09. The summed E-state index contributed by atoms with van der Waals surface area (Å²) in [6, 6.07) is 12.4. The number of anilines is 1. The second-order valence-corrected chi connectivity index (χ2v) is 5.60. The molecule has 0 amide bonds. The Bertz CT molecular complexity index is 584. The summed E-state index contributed by atoms with van der Waals surface area (Å²) in [5, 5.41) is 0.480. The molecule has 2 N–H and O–H groups in total. The highest BCUT2D eigenvalue weighted by atomic mass is 35.5. The fourth-order valence-corrected chi connectivity index (χ4v) is 2.53. The van der Waals surface area contributed by atoms with Gasteiger partial charge in [-0.3, -0.25) is 4.90 Å². The molecule has 2 aromatic carbocycles. The Kier molecular flexibility index (Phi) is 5.59. The van der Waals surface area contributed by atoms with Crippen LogP contribution in [0.5, 0.6) is 0 Å². The van der Waals surface area contributed by atoms with E-state index in [0.717, 1.165) is 30.8 Å². The van der Waals surface area contributed by atoms with Gasteiger partial charge in [0.15, 0.2) is 0 Å². The van der Waals surface area contributed by atoms with Crippen molar-refractivity contribution in [1.82, 2.24) is 4.90 Å². The zero-order chi connectivity index (χ0) is 15.2. The van der Waals surface area contributed by atoms with Crippen molar-refractivity contribution in [3.8, 4) is 0 Å². The van der Waals surface area contributed by atoms with Crippen LogP contribution in [0.2, 0.25) is 5.02 Å². The van der Waals surface area contributed by atoms with Gasteiger partial charge in [-0.2, -0.15) is 0 Å². The Morgan fingerprint density at radius 1 is 1.10 bits per heavy atom. The van der Waals surface area contributed by atoms with Crippen molar-refractivity contribution in [1.29, 1.82) is 0 Å². The summed E-state index contributed by atoms with van der Waals surface area (Å²) in [6.07, 6.45) is 1.05. The van der Waals surface area contributed by atoms with Crippen molar-refractivity contribution in [3.05, 3.63) is 64.4 Å². The standard InChI is InChI=1S/C17H20ClFN2/c1-2-9-21(11-13-3-7-16(20)8-4-13)12-14-5-6-15(19)10-17(14)18/h3-8,10H,2,9,11-12,20H2,1H3. The first-order valence-electron chi connectivity index (χ1n) is 7.09. The van der Waals surface area contributed by atoms with Gasteiger partial charge in [-0.05, 0) is 48.4 Å². The van der Waals surface area contributed by atoms with Gasteiger partial charge in [0.25, 0.3) is 0 Å². The molecule has 0 aliphatic rings. The Hall–Kier alpha value is -1.58. The van der Waals surface area contributed by atoms with Crippen LogP contribution in [0, 0.1) is 5.82 Å². The van der Waals surface area contributed by atoms with E-state index in [2.05, 4.69) is 11.8 Å². The first-order chi connectivity index (χ1) is 10.1. The van der Waals surface area contributed by atoms with Crippen LogP contribution in [0.25, 0.3) is 0 Å². The van der Waals surface area contributed by atoms with E-state index in [4.69, 9.17) is 17.3 Å². The minimum atomic E-state index is -0.302. The number of hydrogen-bond acceptors (Lipinski definition) is 2. The highest BCUT2D eigenvalue weighted by Crippen LogP contribution is 2.20. The van der Waals surface area contributed by atoms with Crippen LogP contribution >= 0.6 is 11.6 Å². The van der Waals surface area contributed by atoms with Crippen molar-refractivity contribution in [2.24, 2.45) is 0 Å². The average Bonchev–Trinajstić information content (AvgIpc) is 2.44. The number of hydrogen-bond donors (Lipinski definition) is 1. The molecule has 0 radical (unpaired) electrons. The van der Waals surface area contributed by atoms with Gasteiger partial charge in [0.2, 0.25) is 0 Å². The zero-order valence-electron chi connectivity index (χ0n) is 12.2.